The third kappa shape index (κ3) is 1.97. The van der Waals surface area contributed by atoms with E-state index in [9.17, 15) is 4.79 Å². The lowest BCUT2D eigenvalue weighted by atomic mass is 9.96. The number of esters is 1. The van der Waals surface area contributed by atoms with Gasteiger partial charge in [-0.3, -0.25) is 4.79 Å². The molecule has 1 N–H and O–H groups in total. The molecule has 0 spiro atoms. The van der Waals surface area contributed by atoms with E-state index in [2.05, 4.69) is 5.32 Å². The molecule has 3 nitrogen and oxygen atoms in total. The predicted octanol–water partition coefficient (Wildman–Crippen LogP) is 0.795. The zero-order valence-electron chi connectivity index (χ0n) is 7.80. The van der Waals surface area contributed by atoms with Crippen LogP contribution >= 0.6 is 0 Å². The summed E-state index contributed by atoms with van der Waals surface area (Å²) >= 11 is 0. The van der Waals surface area contributed by atoms with Crippen LogP contribution in [0, 0.1) is 11.8 Å². The SMILES string of the molecule is CNCC1CCC[C@H]1C(=O)OC. The first-order chi connectivity index (χ1) is 5.79. The summed E-state index contributed by atoms with van der Waals surface area (Å²) in [6.07, 6.45) is 3.31. The van der Waals surface area contributed by atoms with Gasteiger partial charge in [-0.25, -0.2) is 0 Å². The predicted molar refractivity (Wildman–Crippen MR) is 46.8 cm³/mol. The highest BCUT2D eigenvalue weighted by Gasteiger charge is 2.32. The standard InChI is InChI=1S/C9H17NO2/c1-10-6-7-4-3-5-8(7)9(11)12-2/h7-8,10H,3-6H2,1-2H3/t7?,8-/m1/s1. The van der Waals surface area contributed by atoms with Crippen LogP contribution in [-0.2, 0) is 9.53 Å². The van der Waals surface area contributed by atoms with Crippen molar-refractivity contribution < 1.29 is 9.53 Å². The average molecular weight is 171 g/mol. The van der Waals surface area contributed by atoms with Crippen molar-refractivity contribution in [2.45, 2.75) is 19.3 Å². The number of ether oxygens (including phenoxy) is 1. The van der Waals surface area contributed by atoms with E-state index >= 15 is 0 Å². The molecule has 1 fully saturated rings. The maximum atomic E-state index is 11.2. The second-order valence-corrected chi connectivity index (χ2v) is 3.38. The van der Waals surface area contributed by atoms with Crippen molar-refractivity contribution in [1.82, 2.24) is 5.32 Å². The van der Waals surface area contributed by atoms with Gasteiger partial charge >= 0.3 is 5.97 Å². The first kappa shape index (κ1) is 9.52. The zero-order valence-corrected chi connectivity index (χ0v) is 7.80. The molecule has 70 valence electrons. The Hall–Kier alpha value is -0.570. The zero-order chi connectivity index (χ0) is 8.97. The maximum Gasteiger partial charge on any atom is 0.308 e. The summed E-state index contributed by atoms with van der Waals surface area (Å²) in [5.41, 5.74) is 0. The number of methoxy groups -OCH3 is 1. The van der Waals surface area contributed by atoms with E-state index in [4.69, 9.17) is 4.74 Å². The fourth-order valence-electron chi connectivity index (χ4n) is 2.01. The topological polar surface area (TPSA) is 38.3 Å². The van der Waals surface area contributed by atoms with Crippen LogP contribution in [0.25, 0.3) is 0 Å². The van der Waals surface area contributed by atoms with Crippen molar-refractivity contribution in [1.29, 1.82) is 0 Å². The normalized spacial score (nSPS) is 28.8. The van der Waals surface area contributed by atoms with Crippen LogP contribution in [0.2, 0.25) is 0 Å². The molecule has 0 aromatic carbocycles. The lowest BCUT2D eigenvalue weighted by molar-refractivity contribution is -0.146. The molecule has 1 aliphatic rings. The second kappa shape index (κ2) is 4.45. The Morgan fingerprint density at radius 3 is 2.92 bits per heavy atom. The highest BCUT2D eigenvalue weighted by atomic mass is 16.5. The van der Waals surface area contributed by atoms with Crippen molar-refractivity contribution >= 4 is 5.97 Å². The Morgan fingerprint density at radius 2 is 2.33 bits per heavy atom. The van der Waals surface area contributed by atoms with Crippen LogP contribution in [0.4, 0.5) is 0 Å². The van der Waals surface area contributed by atoms with E-state index in [0.717, 1.165) is 25.8 Å². The van der Waals surface area contributed by atoms with Gasteiger partial charge in [0.15, 0.2) is 0 Å². The average Bonchev–Trinajstić information content (AvgIpc) is 2.52. The van der Waals surface area contributed by atoms with Crippen LogP contribution in [0.3, 0.4) is 0 Å². The number of hydrogen-bond donors (Lipinski definition) is 1. The fraction of sp³-hybridized carbons (Fsp3) is 0.889. The molecule has 1 aliphatic carbocycles. The number of carbonyl (C=O) groups excluding carboxylic acids is 1. The summed E-state index contributed by atoms with van der Waals surface area (Å²) in [5.74, 6) is 0.595. The van der Waals surface area contributed by atoms with Gasteiger partial charge in [-0.15, -0.1) is 0 Å². The molecule has 3 heteroatoms. The Morgan fingerprint density at radius 1 is 1.58 bits per heavy atom. The summed E-state index contributed by atoms with van der Waals surface area (Å²) in [6.45, 7) is 0.930. The van der Waals surface area contributed by atoms with Gasteiger partial charge in [0.25, 0.3) is 0 Å². The van der Waals surface area contributed by atoms with Gasteiger partial charge in [-0.2, -0.15) is 0 Å². The summed E-state index contributed by atoms with van der Waals surface area (Å²) < 4.78 is 4.74. The van der Waals surface area contributed by atoms with Crippen LogP contribution in [0.5, 0.6) is 0 Å². The van der Waals surface area contributed by atoms with Crippen molar-refractivity contribution in [2.24, 2.45) is 11.8 Å². The molecule has 2 atom stereocenters. The molecule has 1 unspecified atom stereocenters. The van der Waals surface area contributed by atoms with Gasteiger partial charge in [0.05, 0.1) is 13.0 Å². The van der Waals surface area contributed by atoms with Crippen LogP contribution < -0.4 is 5.32 Å². The van der Waals surface area contributed by atoms with E-state index in [0.29, 0.717) is 5.92 Å². The molecule has 1 rings (SSSR count). The minimum absolute atomic E-state index is 0.0345. The Labute approximate surface area is 73.5 Å². The molecule has 0 aromatic heterocycles. The number of hydrogen-bond acceptors (Lipinski definition) is 3. The summed E-state index contributed by atoms with van der Waals surface area (Å²) in [7, 11) is 3.39. The van der Waals surface area contributed by atoms with Crippen molar-refractivity contribution in [3.05, 3.63) is 0 Å². The summed E-state index contributed by atoms with van der Waals surface area (Å²) in [5, 5.41) is 3.11. The molecule has 12 heavy (non-hydrogen) atoms. The van der Waals surface area contributed by atoms with E-state index < -0.39 is 0 Å². The smallest absolute Gasteiger partial charge is 0.308 e. The van der Waals surface area contributed by atoms with E-state index in [1.165, 1.54) is 7.11 Å². The maximum absolute atomic E-state index is 11.2. The van der Waals surface area contributed by atoms with Crippen molar-refractivity contribution in [3.63, 3.8) is 0 Å². The minimum atomic E-state index is -0.0345. The molecule has 0 radical (unpaired) electrons. The first-order valence-electron chi connectivity index (χ1n) is 4.52. The number of carbonyl (C=O) groups is 1. The largest absolute Gasteiger partial charge is 0.469 e. The minimum Gasteiger partial charge on any atom is -0.469 e. The fourth-order valence-corrected chi connectivity index (χ4v) is 2.01. The lowest BCUT2D eigenvalue weighted by Crippen LogP contribution is -2.27. The van der Waals surface area contributed by atoms with Crippen LogP contribution in [-0.4, -0.2) is 26.7 Å². The molecule has 0 heterocycles. The van der Waals surface area contributed by atoms with Gasteiger partial charge in [-0.05, 0) is 32.4 Å². The molecule has 0 bridgehead atoms. The lowest BCUT2D eigenvalue weighted by Gasteiger charge is -2.16. The van der Waals surface area contributed by atoms with E-state index in [1.807, 2.05) is 7.05 Å². The second-order valence-electron chi connectivity index (χ2n) is 3.38. The van der Waals surface area contributed by atoms with Crippen LogP contribution in [0.15, 0.2) is 0 Å². The third-order valence-electron chi connectivity index (χ3n) is 2.63. The quantitative estimate of drug-likeness (QED) is 0.638. The van der Waals surface area contributed by atoms with Gasteiger partial charge in [0.1, 0.15) is 0 Å². The van der Waals surface area contributed by atoms with Gasteiger partial charge in [0, 0.05) is 0 Å². The third-order valence-corrected chi connectivity index (χ3v) is 2.63. The first-order valence-corrected chi connectivity index (χ1v) is 4.52. The molecule has 0 saturated heterocycles. The molecular formula is C9H17NO2. The summed E-state index contributed by atoms with van der Waals surface area (Å²) in [6, 6.07) is 0. The summed E-state index contributed by atoms with van der Waals surface area (Å²) in [4.78, 5) is 11.2. The number of nitrogens with one attached hydrogen (secondary N) is 1. The Kier molecular flexibility index (Phi) is 3.53. The molecule has 0 amide bonds. The van der Waals surface area contributed by atoms with Gasteiger partial charge < -0.3 is 10.1 Å². The molecular weight excluding hydrogens is 154 g/mol. The van der Waals surface area contributed by atoms with Gasteiger partial charge in [-0.1, -0.05) is 6.42 Å². The molecule has 0 aliphatic heterocycles. The highest BCUT2D eigenvalue weighted by molar-refractivity contribution is 5.73. The van der Waals surface area contributed by atoms with Crippen molar-refractivity contribution in [2.75, 3.05) is 20.7 Å². The monoisotopic (exact) mass is 171 g/mol. The van der Waals surface area contributed by atoms with Crippen LogP contribution in [0.1, 0.15) is 19.3 Å². The highest BCUT2D eigenvalue weighted by Crippen LogP contribution is 2.31. The molecule has 1 saturated carbocycles. The van der Waals surface area contributed by atoms with Crippen molar-refractivity contribution in [3.8, 4) is 0 Å². The Balaban J connectivity index is 2.45. The number of rotatable bonds is 3. The van der Waals surface area contributed by atoms with Gasteiger partial charge in [0.2, 0.25) is 0 Å². The van der Waals surface area contributed by atoms with E-state index in [-0.39, 0.29) is 11.9 Å². The molecule has 0 aromatic rings. The Bertz CT molecular complexity index is 159. The van der Waals surface area contributed by atoms with E-state index in [1.54, 1.807) is 0 Å².